The highest BCUT2D eigenvalue weighted by atomic mass is 14.6. The molecule has 0 bridgehead atoms. The summed E-state index contributed by atoms with van der Waals surface area (Å²) < 4.78 is 0. The molecule has 4 aliphatic carbocycles. The molecule has 0 spiro atoms. The van der Waals surface area contributed by atoms with Gasteiger partial charge in [0.05, 0.1) is 0 Å². The molecule has 4 rings (SSSR count). The molecule has 0 aromatic carbocycles. The smallest absolute Gasteiger partial charge is 0.0177 e. The summed E-state index contributed by atoms with van der Waals surface area (Å²) in [6.07, 6.45) is 21.4. The lowest BCUT2D eigenvalue weighted by Gasteiger charge is -2.60. The summed E-state index contributed by atoms with van der Waals surface area (Å²) in [5.41, 5.74) is 1.27. The highest BCUT2D eigenvalue weighted by molar-refractivity contribution is 5.13. The standard InChI is InChI=1S/C29H50/c1-7-22(20(2)3)12-11-21(4)25-15-16-26-24-14-13-23-10-8-9-18-28(23,5)27(24)17-19-29(25,26)6/h8,10,20-27H,7,9,11-19H2,1-6H3/t21-,22-,23-,24+,25-,26+,27+,28+,29-/m1/s1. The molecule has 0 N–H and O–H groups in total. The van der Waals surface area contributed by atoms with Gasteiger partial charge in [0.2, 0.25) is 0 Å². The highest BCUT2D eigenvalue weighted by Crippen LogP contribution is 2.67. The van der Waals surface area contributed by atoms with E-state index < -0.39 is 0 Å². The zero-order valence-electron chi connectivity index (χ0n) is 20.6. The summed E-state index contributed by atoms with van der Waals surface area (Å²) in [4.78, 5) is 0. The Bertz CT molecular complexity index is 587. The van der Waals surface area contributed by atoms with Crippen LogP contribution in [0.1, 0.15) is 112 Å². The molecule has 0 heterocycles. The van der Waals surface area contributed by atoms with E-state index >= 15 is 0 Å². The first-order valence-electron chi connectivity index (χ1n) is 13.5. The van der Waals surface area contributed by atoms with Crippen LogP contribution in [-0.4, -0.2) is 0 Å². The third-order valence-electron chi connectivity index (χ3n) is 11.4. The van der Waals surface area contributed by atoms with Crippen LogP contribution in [0.3, 0.4) is 0 Å². The van der Waals surface area contributed by atoms with E-state index in [1.54, 1.807) is 6.42 Å². The average Bonchev–Trinajstić information content (AvgIpc) is 3.05. The van der Waals surface area contributed by atoms with Crippen molar-refractivity contribution in [2.75, 3.05) is 0 Å². The van der Waals surface area contributed by atoms with Crippen LogP contribution >= 0.6 is 0 Å². The predicted octanol–water partition coefficient (Wildman–Crippen LogP) is 8.91. The molecular formula is C29H50. The van der Waals surface area contributed by atoms with Gasteiger partial charge in [0, 0.05) is 0 Å². The van der Waals surface area contributed by atoms with E-state index in [-0.39, 0.29) is 0 Å². The third kappa shape index (κ3) is 3.67. The fraction of sp³-hybridized carbons (Fsp3) is 0.931. The van der Waals surface area contributed by atoms with E-state index in [9.17, 15) is 0 Å². The Hall–Kier alpha value is -0.260. The minimum absolute atomic E-state index is 0.619. The minimum atomic E-state index is 0.619. The maximum absolute atomic E-state index is 2.75. The van der Waals surface area contributed by atoms with Crippen molar-refractivity contribution in [2.24, 2.45) is 58.2 Å². The SMILES string of the molecule is CC[C@H](CC[C@@H](C)[C@H]1CC[C@H]2[C@@H]3CC[C@H]4C=CCC[C@]4(C)[C@H]3CC[C@]12C)C(C)C. The monoisotopic (exact) mass is 398 g/mol. The third-order valence-corrected chi connectivity index (χ3v) is 11.4. The first-order chi connectivity index (χ1) is 13.8. The molecule has 9 atom stereocenters. The Balaban J connectivity index is 1.46. The number of hydrogen-bond donors (Lipinski definition) is 0. The van der Waals surface area contributed by atoms with Gasteiger partial charge in [-0.15, -0.1) is 0 Å². The highest BCUT2D eigenvalue weighted by Gasteiger charge is 2.59. The first kappa shape index (κ1) is 22.0. The molecule has 0 aromatic heterocycles. The second-order valence-electron chi connectivity index (χ2n) is 12.7. The summed E-state index contributed by atoms with van der Waals surface area (Å²) in [6, 6.07) is 0. The van der Waals surface area contributed by atoms with E-state index in [0.717, 1.165) is 47.3 Å². The fourth-order valence-electron chi connectivity index (χ4n) is 9.49. The molecule has 0 nitrogen and oxygen atoms in total. The van der Waals surface area contributed by atoms with Crippen molar-refractivity contribution in [3.05, 3.63) is 12.2 Å². The summed E-state index contributed by atoms with van der Waals surface area (Å²) >= 11 is 0. The van der Waals surface area contributed by atoms with Crippen molar-refractivity contribution in [3.63, 3.8) is 0 Å². The lowest BCUT2D eigenvalue weighted by atomic mass is 9.45. The lowest BCUT2D eigenvalue weighted by Crippen LogP contribution is -2.52. The Morgan fingerprint density at radius 3 is 2.34 bits per heavy atom. The molecule has 29 heavy (non-hydrogen) atoms. The molecule has 3 saturated carbocycles. The molecule has 3 fully saturated rings. The maximum Gasteiger partial charge on any atom is -0.0177 e. The normalized spacial score (nSPS) is 46.1. The number of fused-ring (bicyclic) bond motifs is 5. The topological polar surface area (TPSA) is 0 Å². The minimum Gasteiger partial charge on any atom is -0.0882 e. The largest absolute Gasteiger partial charge is 0.0882 e. The van der Waals surface area contributed by atoms with Gasteiger partial charge < -0.3 is 0 Å². The molecule has 0 heteroatoms. The summed E-state index contributed by atoms with van der Waals surface area (Å²) in [7, 11) is 0. The van der Waals surface area contributed by atoms with Crippen molar-refractivity contribution < 1.29 is 0 Å². The van der Waals surface area contributed by atoms with Crippen LogP contribution in [0.15, 0.2) is 12.2 Å². The number of allylic oxidation sites excluding steroid dienone is 2. The van der Waals surface area contributed by atoms with Crippen LogP contribution in [-0.2, 0) is 0 Å². The Morgan fingerprint density at radius 1 is 0.862 bits per heavy atom. The van der Waals surface area contributed by atoms with Crippen molar-refractivity contribution in [2.45, 2.75) is 112 Å². The average molecular weight is 399 g/mol. The molecule has 4 aliphatic rings. The summed E-state index contributed by atoms with van der Waals surface area (Å²) in [5.74, 6) is 7.70. The van der Waals surface area contributed by atoms with E-state index in [0.29, 0.717) is 10.8 Å². The van der Waals surface area contributed by atoms with Crippen molar-refractivity contribution in [3.8, 4) is 0 Å². The van der Waals surface area contributed by atoms with Gasteiger partial charge in [-0.25, -0.2) is 0 Å². The van der Waals surface area contributed by atoms with Crippen LogP contribution in [0.4, 0.5) is 0 Å². The summed E-state index contributed by atoms with van der Waals surface area (Å²) in [6.45, 7) is 15.3. The zero-order valence-corrected chi connectivity index (χ0v) is 20.6. The molecule has 0 saturated heterocycles. The van der Waals surface area contributed by atoms with Gasteiger partial charge in [-0.2, -0.15) is 0 Å². The van der Waals surface area contributed by atoms with Gasteiger partial charge in [0.15, 0.2) is 0 Å². The Kier molecular flexibility index (Phi) is 6.32. The fourth-order valence-corrected chi connectivity index (χ4v) is 9.49. The van der Waals surface area contributed by atoms with E-state index in [1.165, 1.54) is 64.2 Å². The van der Waals surface area contributed by atoms with Crippen molar-refractivity contribution in [1.29, 1.82) is 0 Å². The van der Waals surface area contributed by atoms with E-state index in [2.05, 4.69) is 53.7 Å². The van der Waals surface area contributed by atoms with Crippen LogP contribution in [0, 0.1) is 58.2 Å². The van der Waals surface area contributed by atoms with Gasteiger partial charge in [-0.3, -0.25) is 0 Å². The molecule has 0 aromatic rings. The van der Waals surface area contributed by atoms with Crippen LogP contribution in [0.5, 0.6) is 0 Å². The summed E-state index contributed by atoms with van der Waals surface area (Å²) in [5, 5.41) is 0. The lowest BCUT2D eigenvalue weighted by molar-refractivity contribution is -0.0956. The predicted molar refractivity (Wildman–Crippen MR) is 127 cm³/mol. The molecule has 0 amide bonds. The second kappa shape index (κ2) is 8.35. The molecule has 0 aliphatic heterocycles. The van der Waals surface area contributed by atoms with Gasteiger partial charge in [0.1, 0.15) is 0 Å². The van der Waals surface area contributed by atoms with Crippen LogP contribution in [0.25, 0.3) is 0 Å². The Labute approximate surface area is 182 Å². The van der Waals surface area contributed by atoms with Crippen molar-refractivity contribution >= 4 is 0 Å². The quantitative estimate of drug-likeness (QED) is 0.392. The first-order valence-corrected chi connectivity index (χ1v) is 13.5. The number of hydrogen-bond acceptors (Lipinski definition) is 0. The van der Waals surface area contributed by atoms with E-state index in [4.69, 9.17) is 0 Å². The second-order valence-corrected chi connectivity index (χ2v) is 12.7. The van der Waals surface area contributed by atoms with Gasteiger partial charge >= 0.3 is 0 Å². The van der Waals surface area contributed by atoms with Crippen LogP contribution < -0.4 is 0 Å². The maximum atomic E-state index is 2.75. The zero-order chi connectivity index (χ0) is 20.8. The molecule has 166 valence electrons. The molecule has 0 unspecified atom stereocenters. The van der Waals surface area contributed by atoms with E-state index in [1.807, 2.05) is 0 Å². The van der Waals surface area contributed by atoms with Gasteiger partial charge in [0.25, 0.3) is 0 Å². The Morgan fingerprint density at radius 2 is 1.62 bits per heavy atom. The van der Waals surface area contributed by atoms with Gasteiger partial charge in [-0.1, -0.05) is 66.5 Å². The molecular weight excluding hydrogens is 348 g/mol. The van der Waals surface area contributed by atoms with Crippen molar-refractivity contribution in [1.82, 2.24) is 0 Å². The number of rotatable bonds is 6. The van der Waals surface area contributed by atoms with Crippen LogP contribution in [0.2, 0.25) is 0 Å². The van der Waals surface area contributed by atoms with Gasteiger partial charge in [-0.05, 0) is 116 Å². The molecule has 0 radical (unpaired) electrons.